The number of aromatic nitrogens is 2. The zero-order valence-corrected chi connectivity index (χ0v) is 7.54. The molecule has 2 aromatic rings. The maximum Gasteiger partial charge on any atom is 0.174 e. The Labute approximate surface area is 77.6 Å². The molecule has 0 atom stereocenters. The number of benzene rings is 1. The molecule has 2 heteroatoms. The third kappa shape index (κ3) is 1.61. The number of nitrogens with one attached hydrogen (secondary N) is 1. The largest absolute Gasteiger partial charge is 0.341 e. The van der Waals surface area contributed by atoms with Crippen molar-refractivity contribution in [3.63, 3.8) is 0 Å². The van der Waals surface area contributed by atoms with Crippen LogP contribution < -0.4 is 0 Å². The van der Waals surface area contributed by atoms with Crippen molar-refractivity contribution in [2.75, 3.05) is 0 Å². The van der Waals surface area contributed by atoms with Gasteiger partial charge in [0.15, 0.2) is 6.33 Å². The van der Waals surface area contributed by atoms with Crippen LogP contribution in [-0.4, -0.2) is 9.97 Å². The summed E-state index contributed by atoms with van der Waals surface area (Å²) in [6.07, 6.45) is 5.61. The highest BCUT2D eigenvalue weighted by Gasteiger charge is 1.98. The first-order chi connectivity index (χ1) is 6.40. The van der Waals surface area contributed by atoms with E-state index >= 15 is 0 Å². The maximum atomic E-state index is 4.06. The molecule has 1 heterocycles. The average Bonchev–Trinajstić information content (AvgIpc) is 2.71. The van der Waals surface area contributed by atoms with E-state index in [4.69, 9.17) is 0 Å². The summed E-state index contributed by atoms with van der Waals surface area (Å²) in [5, 5.41) is 0. The lowest BCUT2D eigenvalue weighted by atomic mass is 10.1. The molecule has 0 spiro atoms. The van der Waals surface area contributed by atoms with E-state index in [0.29, 0.717) is 0 Å². The van der Waals surface area contributed by atoms with Crippen LogP contribution in [0.4, 0.5) is 0 Å². The van der Waals surface area contributed by atoms with Crippen molar-refractivity contribution in [3.8, 4) is 11.3 Å². The molecule has 1 radical (unpaired) electrons. The molecule has 0 saturated carbocycles. The van der Waals surface area contributed by atoms with Gasteiger partial charge >= 0.3 is 0 Å². The average molecular weight is 171 g/mol. The topological polar surface area (TPSA) is 28.7 Å². The van der Waals surface area contributed by atoms with E-state index in [-0.39, 0.29) is 0 Å². The quantitative estimate of drug-likeness (QED) is 0.738. The van der Waals surface area contributed by atoms with Crippen molar-refractivity contribution in [1.29, 1.82) is 0 Å². The van der Waals surface area contributed by atoms with Crippen molar-refractivity contribution < 1.29 is 0 Å². The fourth-order valence-corrected chi connectivity index (χ4v) is 1.28. The normalized spacial score (nSPS) is 10.2. The minimum Gasteiger partial charge on any atom is -0.341 e. The molecule has 2 nitrogen and oxygen atoms in total. The summed E-state index contributed by atoms with van der Waals surface area (Å²) in [5.41, 5.74) is 3.43. The highest BCUT2D eigenvalue weighted by atomic mass is 14.9. The second-order valence-corrected chi connectivity index (χ2v) is 2.95. The molecule has 0 unspecified atom stereocenters. The van der Waals surface area contributed by atoms with Crippen LogP contribution in [0.5, 0.6) is 0 Å². The molecule has 0 aliphatic rings. The Bertz CT molecular complexity index is 359. The van der Waals surface area contributed by atoms with E-state index < -0.39 is 0 Å². The van der Waals surface area contributed by atoms with E-state index in [1.807, 2.05) is 6.20 Å². The van der Waals surface area contributed by atoms with Crippen LogP contribution in [0.25, 0.3) is 11.3 Å². The summed E-state index contributed by atoms with van der Waals surface area (Å²) in [6.45, 7) is 2.15. The molecule has 0 saturated heterocycles. The minimum absolute atomic E-state index is 0.947. The highest BCUT2D eigenvalue weighted by Crippen LogP contribution is 2.16. The number of H-pyrrole nitrogens is 1. The van der Waals surface area contributed by atoms with E-state index in [0.717, 1.165) is 17.7 Å². The standard InChI is InChI=1S/C11H11N2/c1-2-9-3-5-10(6-4-9)11-7-12-8-13-11/h3-7H,2H2,1H3,(H,12,13). The smallest absolute Gasteiger partial charge is 0.174 e. The molecule has 0 amide bonds. The van der Waals surface area contributed by atoms with Crippen LogP contribution in [0.15, 0.2) is 30.5 Å². The first-order valence-corrected chi connectivity index (χ1v) is 4.41. The first-order valence-electron chi connectivity index (χ1n) is 4.41. The number of imidazole rings is 1. The summed E-state index contributed by atoms with van der Waals surface area (Å²) in [6, 6.07) is 8.43. The van der Waals surface area contributed by atoms with Crippen LogP contribution in [0.3, 0.4) is 0 Å². The van der Waals surface area contributed by atoms with E-state index in [1.165, 1.54) is 5.56 Å². The summed E-state index contributed by atoms with van der Waals surface area (Å²) < 4.78 is 0. The number of aromatic amines is 1. The SMILES string of the molecule is CCc1ccc(-c2c[nH][c]n2)cc1. The first kappa shape index (κ1) is 8.05. The van der Waals surface area contributed by atoms with E-state index in [2.05, 4.69) is 47.5 Å². The predicted octanol–water partition coefficient (Wildman–Crippen LogP) is 2.44. The Kier molecular flexibility index (Phi) is 2.13. The molecule has 13 heavy (non-hydrogen) atoms. The second kappa shape index (κ2) is 3.44. The molecule has 0 fully saturated rings. The highest BCUT2D eigenvalue weighted by molar-refractivity contribution is 5.58. The monoisotopic (exact) mass is 171 g/mol. The van der Waals surface area contributed by atoms with Crippen LogP contribution >= 0.6 is 0 Å². The van der Waals surface area contributed by atoms with Gasteiger partial charge in [0, 0.05) is 11.8 Å². The fraction of sp³-hybridized carbons (Fsp3) is 0.182. The van der Waals surface area contributed by atoms with Gasteiger partial charge in [-0.25, -0.2) is 4.98 Å². The van der Waals surface area contributed by atoms with Crippen molar-refractivity contribution in [2.45, 2.75) is 13.3 Å². The van der Waals surface area contributed by atoms with E-state index in [1.54, 1.807) is 0 Å². The Morgan fingerprint density at radius 3 is 2.62 bits per heavy atom. The molecule has 2 rings (SSSR count). The molecule has 1 N–H and O–H groups in total. The van der Waals surface area contributed by atoms with Crippen LogP contribution in [0.1, 0.15) is 12.5 Å². The third-order valence-corrected chi connectivity index (χ3v) is 2.11. The lowest BCUT2D eigenvalue weighted by Crippen LogP contribution is -1.80. The van der Waals surface area contributed by atoms with E-state index in [9.17, 15) is 0 Å². The Hall–Kier alpha value is -1.57. The van der Waals surface area contributed by atoms with Crippen LogP contribution in [0, 0.1) is 6.33 Å². The molecular formula is C11H11N2. The maximum absolute atomic E-state index is 4.06. The molecule has 0 aliphatic carbocycles. The van der Waals surface area contributed by atoms with Gasteiger partial charge in [0.2, 0.25) is 0 Å². The lowest BCUT2D eigenvalue weighted by molar-refractivity contribution is 1.14. The molecular weight excluding hydrogens is 160 g/mol. The minimum atomic E-state index is 0.947. The van der Waals surface area contributed by atoms with Crippen molar-refractivity contribution in [1.82, 2.24) is 9.97 Å². The third-order valence-electron chi connectivity index (χ3n) is 2.11. The fourth-order valence-electron chi connectivity index (χ4n) is 1.28. The summed E-state index contributed by atoms with van der Waals surface area (Å²) >= 11 is 0. The summed E-state index contributed by atoms with van der Waals surface area (Å²) in [5.74, 6) is 0. The van der Waals surface area contributed by atoms with Gasteiger partial charge < -0.3 is 4.98 Å². The van der Waals surface area contributed by atoms with Gasteiger partial charge in [0.25, 0.3) is 0 Å². The number of aryl methyl sites for hydroxylation is 1. The van der Waals surface area contributed by atoms with Crippen LogP contribution in [0.2, 0.25) is 0 Å². The van der Waals surface area contributed by atoms with Crippen LogP contribution in [-0.2, 0) is 6.42 Å². The van der Waals surface area contributed by atoms with Crippen molar-refractivity contribution >= 4 is 0 Å². The number of hydrogen-bond acceptors (Lipinski definition) is 1. The van der Waals surface area contributed by atoms with Gasteiger partial charge in [0.05, 0.1) is 5.69 Å². The van der Waals surface area contributed by atoms with Gasteiger partial charge in [-0.1, -0.05) is 31.2 Å². The number of rotatable bonds is 2. The van der Waals surface area contributed by atoms with Gasteiger partial charge in [-0.15, -0.1) is 0 Å². The van der Waals surface area contributed by atoms with Crippen molar-refractivity contribution in [3.05, 3.63) is 42.4 Å². The summed E-state index contributed by atoms with van der Waals surface area (Å²) in [7, 11) is 0. The predicted molar refractivity (Wildman–Crippen MR) is 52.2 cm³/mol. The molecule has 1 aromatic carbocycles. The molecule has 1 aromatic heterocycles. The second-order valence-electron chi connectivity index (χ2n) is 2.95. The Morgan fingerprint density at radius 1 is 1.31 bits per heavy atom. The Balaban J connectivity index is 2.33. The van der Waals surface area contributed by atoms with Gasteiger partial charge in [-0.3, -0.25) is 0 Å². The summed E-state index contributed by atoms with van der Waals surface area (Å²) in [4.78, 5) is 6.88. The lowest BCUT2D eigenvalue weighted by Gasteiger charge is -1.98. The van der Waals surface area contributed by atoms with Gasteiger partial charge in [0.1, 0.15) is 0 Å². The molecule has 0 aliphatic heterocycles. The zero-order valence-electron chi connectivity index (χ0n) is 7.54. The Morgan fingerprint density at radius 2 is 2.08 bits per heavy atom. The zero-order chi connectivity index (χ0) is 9.10. The van der Waals surface area contributed by atoms with Gasteiger partial charge in [-0.05, 0) is 12.0 Å². The number of hydrogen-bond donors (Lipinski definition) is 1. The van der Waals surface area contributed by atoms with Gasteiger partial charge in [-0.2, -0.15) is 0 Å². The number of nitrogens with zero attached hydrogens (tertiary/aromatic N) is 1. The van der Waals surface area contributed by atoms with Crippen molar-refractivity contribution in [2.24, 2.45) is 0 Å². The molecule has 0 bridgehead atoms. The molecule has 65 valence electrons.